The summed E-state index contributed by atoms with van der Waals surface area (Å²) in [7, 11) is 0. The lowest BCUT2D eigenvalue weighted by molar-refractivity contribution is 0.590. The normalized spacial score (nSPS) is 11.7. The molecule has 0 spiro atoms. The van der Waals surface area contributed by atoms with Crippen molar-refractivity contribution in [2.24, 2.45) is 0 Å². The third-order valence-electron chi connectivity index (χ3n) is 2.69. The Hall–Kier alpha value is -0.430. The van der Waals surface area contributed by atoms with E-state index in [2.05, 4.69) is 57.7 Å². The number of aryl methyl sites for hydroxylation is 1. The number of unbranched alkanes of at least 4 members (excludes halogenated alkanes) is 1. The minimum absolute atomic E-state index is 0.267. The first-order chi connectivity index (χ1) is 7.04. The molecule has 15 heavy (non-hydrogen) atoms. The molecule has 0 fully saturated rings. The molecule has 0 radical (unpaired) electrons. The van der Waals surface area contributed by atoms with Gasteiger partial charge in [-0.25, -0.2) is 0 Å². The van der Waals surface area contributed by atoms with Crippen LogP contribution in [-0.2, 0) is 11.8 Å². The highest BCUT2D eigenvalue weighted by atomic mass is 32.1. The molecule has 1 aromatic carbocycles. The van der Waals surface area contributed by atoms with E-state index in [-0.39, 0.29) is 5.41 Å². The molecule has 0 aliphatic heterocycles. The summed E-state index contributed by atoms with van der Waals surface area (Å²) < 4.78 is 0. The Kier molecular flexibility index (Phi) is 4.72. The van der Waals surface area contributed by atoms with Crippen molar-refractivity contribution in [3.05, 3.63) is 35.4 Å². The van der Waals surface area contributed by atoms with Gasteiger partial charge in [-0.1, -0.05) is 45.0 Å². The number of benzene rings is 1. The summed E-state index contributed by atoms with van der Waals surface area (Å²) in [4.78, 5) is 0. The summed E-state index contributed by atoms with van der Waals surface area (Å²) >= 11 is 4.22. The largest absolute Gasteiger partial charge is 0.179 e. The van der Waals surface area contributed by atoms with E-state index in [0.29, 0.717) is 0 Å². The van der Waals surface area contributed by atoms with E-state index in [0.717, 1.165) is 5.75 Å². The first-order valence-corrected chi connectivity index (χ1v) is 6.37. The third kappa shape index (κ3) is 4.29. The van der Waals surface area contributed by atoms with Gasteiger partial charge in [0.2, 0.25) is 0 Å². The highest BCUT2D eigenvalue weighted by molar-refractivity contribution is 7.80. The van der Waals surface area contributed by atoms with E-state index in [1.165, 1.54) is 30.4 Å². The Morgan fingerprint density at radius 2 is 1.60 bits per heavy atom. The van der Waals surface area contributed by atoms with Crippen molar-refractivity contribution in [1.82, 2.24) is 0 Å². The predicted octanol–water partition coefficient (Wildman–Crippen LogP) is 4.24. The maximum Gasteiger partial charge on any atom is -0.00978 e. The molecule has 0 bridgehead atoms. The zero-order valence-electron chi connectivity index (χ0n) is 10.1. The Morgan fingerprint density at radius 1 is 1.00 bits per heavy atom. The molecular weight excluding hydrogens is 200 g/mol. The summed E-state index contributed by atoms with van der Waals surface area (Å²) in [6.07, 6.45) is 3.65. The zero-order valence-corrected chi connectivity index (χ0v) is 11.0. The van der Waals surface area contributed by atoms with Gasteiger partial charge in [-0.3, -0.25) is 0 Å². The summed E-state index contributed by atoms with van der Waals surface area (Å²) in [5.41, 5.74) is 3.13. The SMILES string of the molecule is CC(C)(C)c1ccc(CCCCS)cc1. The van der Waals surface area contributed by atoms with Crippen LogP contribution in [0.4, 0.5) is 0 Å². The van der Waals surface area contributed by atoms with Gasteiger partial charge >= 0.3 is 0 Å². The fourth-order valence-corrected chi connectivity index (χ4v) is 1.84. The fraction of sp³-hybridized carbons (Fsp3) is 0.571. The van der Waals surface area contributed by atoms with Crippen molar-refractivity contribution in [1.29, 1.82) is 0 Å². The second kappa shape index (κ2) is 5.60. The molecule has 0 atom stereocenters. The number of hydrogen-bond acceptors (Lipinski definition) is 1. The molecule has 84 valence electrons. The second-order valence-electron chi connectivity index (χ2n) is 5.13. The summed E-state index contributed by atoms with van der Waals surface area (Å²) in [5.74, 6) is 1.00. The van der Waals surface area contributed by atoms with Crippen molar-refractivity contribution >= 4 is 12.6 Å². The predicted molar refractivity (Wildman–Crippen MR) is 71.9 cm³/mol. The Bertz CT molecular complexity index is 279. The van der Waals surface area contributed by atoms with Crippen molar-refractivity contribution in [3.63, 3.8) is 0 Å². The monoisotopic (exact) mass is 222 g/mol. The lowest BCUT2D eigenvalue weighted by Crippen LogP contribution is -2.10. The first kappa shape index (κ1) is 12.6. The van der Waals surface area contributed by atoms with Crippen LogP contribution in [0.3, 0.4) is 0 Å². The van der Waals surface area contributed by atoms with E-state index in [1.807, 2.05) is 0 Å². The smallest absolute Gasteiger partial charge is 0.00978 e. The van der Waals surface area contributed by atoms with Crippen LogP contribution in [0.5, 0.6) is 0 Å². The lowest BCUT2D eigenvalue weighted by atomic mass is 9.86. The standard InChI is InChI=1S/C14H22S/c1-14(2,3)13-9-7-12(8-10-13)6-4-5-11-15/h7-10,15H,4-6,11H2,1-3H3. The van der Waals surface area contributed by atoms with Crippen LogP contribution in [0.2, 0.25) is 0 Å². The topological polar surface area (TPSA) is 0 Å². The average molecular weight is 222 g/mol. The Labute approximate surface area is 99.5 Å². The van der Waals surface area contributed by atoms with Crippen LogP contribution in [0.1, 0.15) is 44.7 Å². The highest BCUT2D eigenvalue weighted by Crippen LogP contribution is 2.22. The van der Waals surface area contributed by atoms with Gasteiger partial charge in [0.05, 0.1) is 0 Å². The molecule has 0 N–H and O–H groups in total. The molecule has 0 amide bonds. The van der Waals surface area contributed by atoms with E-state index >= 15 is 0 Å². The van der Waals surface area contributed by atoms with Crippen LogP contribution in [0, 0.1) is 0 Å². The molecule has 0 aliphatic rings. The van der Waals surface area contributed by atoms with Crippen LogP contribution < -0.4 is 0 Å². The molecule has 0 unspecified atom stereocenters. The molecule has 0 aromatic heterocycles. The molecular formula is C14H22S. The zero-order chi connectivity index (χ0) is 11.3. The number of thiol groups is 1. The first-order valence-electron chi connectivity index (χ1n) is 5.74. The molecule has 1 rings (SSSR count). The van der Waals surface area contributed by atoms with Crippen LogP contribution >= 0.6 is 12.6 Å². The molecule has 0 aliphatic carbocycles. The van der Waals surface area contributed by atoms with Gasteiger partial charge in [-0.05, 0) is 41.6 Å². The van der Waals surface area contributed by atoms with Gasteiger partial charge < -0.3 is 0 Å². The van der Waals surface area contributed by atoms with Crippen LogP contribution in [0.15, 0.2) is 24.3 Å². The molecule has 1 aromatic rings. The van der Waals surface area contributed by atoms with Gasteiger partial charge in [0.25, 0.3) is 0 Å². The second-order valence-corrected chi connectivity index (χ2v) is 5.57. The van der Waals surface area contributed by atoms with Crippen molar-refractivity contribution < 1.29 is 0 Å². The summed E-state index contributed by atoms with van der Waals surface area (Å²) in [6.45, 7) is 6.76. The molecule has 1 heteroatoms. The number of hydrogen-bond donors (Lipinski definition) is 1. The van der Waals surface area contributed by atoms with Gasteiger partial charge in [-0.15, -0.1) is 0 Å². The molecule has 0 heterocycles. The van der Waals surface area contributed by atoms with Crippen LogP contribution in [-0.4, -0.2) is 5.75 Å². The minimum atomic E-state index is 0.267. The van der Waals surface area contributed by atoms with Crippen molar-refractivity contribution in [3.8, 4) is 0 Å². The molecule has 0 saturated heterocycles. The number of rotatable bonds is 4. The van der Waals surface area contributed by atoms with Crippen molar-refractivity contribution in [2.75, 3.05) is 5.75 Å². The summed E-state index contributed by atoms with van der Waals surface area (Å²) in [6, 6.07) is 9.05. The van der Waals surface area contributed by atoms with E-state index < -0.39 is 0 Å². The quantitative estimate of drug-likeness (QED) is 0.572. The van der Waals surface area contributed by atoms with Gasteiger partial charge in [-0.2, -0.15) is 12.6 Å². The van der Waals surface area contributed by atoms with Gasteiger partial charge in [0, 0.05) is 0 Å². The average Bonchev–Trinajstić information content (AvgIpc) is 2.18. The Balaban J connectivity index is 2.57. The van der Waals surface area contributed by atoms with Crippen molar-refractivity contribution in [2.45, 2.75) is 45.4 Å². The van der Waals surface area contributed by atoms with Gasteiger partial charge in [0.1, 0.15) is 0 Å². The maximum absolute atomic E-state index is 4.22. The molecule has 0 saturated carbocycles. The fourth-order valence-electron chi connectivity index (χ4n) is 1.61. The maximum atomic E-state index is 4.22. The minimum Gasteiger partial charge on any atom is -0.179 e. The van der Waals surface area contributed by atoms with Crippen LogP contribution in [0.25, 0.3) is 0 Å². The van der Waals surface area contributed by atoms with Gasteiger partial charge in [0.15, 0.2) is 0 Å². The lowest BCUT2D eigenvalue weighted by Gasteiger charge is -2.19. The third-order valence-corrected chi connectivity index (χ3v) is 3.01. The van der Waals surface area contributed by atoms with E-state index in [1.54, 1.807) is 0 Å². The highest BCUT2D eigenvalue weighted by Gasteiger charge is 2.12. The molecule has 0 nitrogen and oxygen atoms in total. The van der Waals surface area contributed by atoms with E-state index in [9.17, 15) is 0 Å². The Morgan fingerprint density at radius 3 is 2.07 bits per heavy atom. The summed E-state index contributed by atoms with van der Waals surface area (Å²) in [5, 5.41) is 0. The van der Waals surface area contributed by atoms with E-state index in [4.69, 9.17) is 0 Å².